The maximum Gasteiger partial charge on any atom is 0.415 e. The van der Waals surface area contributed by atoms with Gasteiger partial charge in [0, 0.05) is 60.3 Å². The summed E-state index contributed by atoms with van der Waals surface area (Å²) in [5.74, 6) is -2.54. The molecular weight excluding hydrogens is 785 g/mol. The van der Waals surface area contributed by atoms with Gasteiger partial charge in [-0.05, 0) is 107 Å². The fourth-order valence-corrected chi connectivity index (χ4v) is 10.1. The number of pyridine rings is 2. The molecule has 3 aromatic rings. The first-order valence-corrected chi connectivity index (χ1v) is 21.6. The van der Waals surface area contributed by atoms with Crippen molar-refractivity contribution in [3.8, 4) is 17.1 Å². The quantitative estimate of drug-likeness (QED) is 0.190. The van der Waals surface area contributed by atoms with Gasteiger partial charge in [-0.3, -0.25) is 28.9 Å². The molecule has 61 heavy (non-hydrogen) atoms. The first-order chi connectivity index (χ1) is 29.5. The molecule has 1 aromatic carbocycles. The molecule has 1 aliphatic carbocycles. The second-order valence-corrected chi connectivity index (χ2v) is 17.1. The van der Waals surface area contributed by atoms with Gasteiger partial charge in [-0.2, -0.15) is 0 Å². The maximum absolute atomic E-state index is 14.1. The Labute approximate surface area is 352 Å². The summed E-state index contributed by atoms with van der Waals surface area (Å²) in [5.41, 5.74) is 0.475. The molecule has 0 radical (unpaired) electrons. The van der Waals surface area contributed by atoms with Crippen LogP contribution >= 0.6 is 0 Å². The lowest BCUT2D eigenvalue weighted by molar-refractivity contribution is -0.189. The molecule has 1 unspecified atom stereocenters. The van der Waals surface area contributed by atoms with Crippen LogP contribution in [0.2, 0.25) is 0 Å². The summed E-state index contributed by atoms with van der Waals surface area (Å²) in [7, 11) is 0. The van der Waals surface area contributed by atoms with Gasteiger partial charge in [0.25, 0.3) is 17.4 Å². The average Bonchev–Trinajstić information content (AvgIpc) is 3.80. The van der Waals surface area contributed by atoms with Crippen molar-refractivity contribution in [3.05, 3.63) is 69.5 Å². The molecule has 6 aliphatic rings. The van der Waals surface area contributed by atoms with Crippen molar-refractivity contribution in [2.45, 2.75) is 95.9 Å². The van der Waals surface area contributed by atoms with E-state index in [1.165, 1.54) is 36.3 Å². The van der Waals surface area contributed by atoms with Crippen LogP contribution in [0.15, 0.2) is 47.3 Å². The zero-order valence-corrected chi connectivity index (χ0v) is 34.3. The summed E-state index contributed by atoms with van der Waals surface area (Å²) >= 11 is 0. The Morgan fingerprint density at radius 3 is 2.36 bits per heavy atom. The minimum absolute atomic E-state index is 0.0288. The van der Waals surface area contributed by atoms with E-state index >= 15 is 0 Å². The standard InChI is InChI=1S/C45H50N6O10/c1-2-45(61-39(54)23-46-41(55)28-8-6-27(7-9-28)24-51-37(52)12-13-38(51)53)34-22-36-40-30(25-50(36)42(56)33(34)26-59-43(45)57)20-29-21-32(10-11-35(29)47-40)60-44(58)49-18-14-31(15-19-49)48-16-4-3-5-17-48/h10-13,20-22,27-28,31H,2-9,14-19,23-26H2,1H3,(H,46,55). The van der Waals surface area contributed by atoms with Crippen LogP contribution in [0.25, 0.3) is 22.3 Å². The summed E-state index contributed by atoms with van der Waals surface area (Å²) in [5, 5.41) is 3.38. The third-order valence-corrected chi connectivity index (χ3v) is 13.5. The minimum Gasteiger partial charge on any atom is -0.457 e. The lowest BCUT2D eigenvalue weighted by Crippen LogP contribution is -2.49. The van der Waals surface area contributed by atoms with Crippen LogP contribution in [0, 0.1) is 11.8 Å². The van der Waals surface area contributed by atoms with Crippen LogP contribution < -0.4 is 15.6 Å². The molecule has 5 aliphatic heterocycles. The number of nitrogens with one attached hydrogen (secondary N) is 1. The van der Waals surface area contributed by atoms with Crippen molar-refractivity contribution in [3.63, 3.8) is 0 Å². The van der Waals surface area contributed by atoms with Crippen LogP contribution in [-0.2, 0) is 52.2 Å². The molecule has 1 saturated carbocycles. The van der Waals surface area contributed by atoms with Crippen LogP contribution in [0.3, 0.4) is 0 Å². The molecule has 3 fully saturated rings. The lowest BCUT2D eigenvalue weighted by Gasteiger charge is -2.39. The van der Waals surface area contributed by atoms with Crippen LogP contribution in [0.5, 0.6) is 5.75 Å². The number of amides is 4. The second kappa shape index (κ2) is 16.5. The van der Waals surface area contributed by atoms with Gasteiger partial charge in [-0.1, -0.05) is 13.3 Å². The van der Waals surface area contributed by atoms with Crippen LogP contribution in [0.1, 0.15) is 87.8 Å². The van der Waals surface area contributed by atoms with Crippen LogP contribution in [0.4, 0.5) is 4.79 Å². The van der Waals surface area contributed by atoms with E-state index in [2.05, 4.69) is 10.2 Å². The van der Waals surface area contributed by atoms with Crippen molar-refractivity contribution in [1.29, 1.82) is 0 Å². The number of carbonyl (C=O) groups excluding carboxylic acids is 6. The highest BCUT2D eigenvalue weighted by Crippen LogP contribution is 2.41. The van der Waals surface area contributed by atoms with Gasteiger partial charge in [0.2, 0.25) is 11.5 Å². The van der Waals surface area contributed by atoms with E-state index in [0.717, 1.165) is 36.9 Å². The zero-order valence-electron chi connectivity index (χ0n) is 34.3. The van der Waals surface area contributed by atoms with E-state index in [-0.39, 0.29) is 66.3 Å². The molecule has 7 heterocycles. The predicted octanol–water partition coefficient (Wildman–Crippen LogP) is 3.93. The number of esters is 2. The topological polar surface area (TPSA) is 187 Å². The Bertz CT molecular complexity index is 2390. The number of likely N-dealkylation sites (tertiary alicyclic amines) is 2. The fourth-order valence-electron chi connectivity index (χ4n) is 10.1. The molecular formula is C45H50N6O10. The summed E-state index contributed by atoms with van der Waals surface area (Å²) in [4.78, 5) is 102. The first kappa shape index (κ1) is 40.5. The highest BCUT2D eigenvalue weighted by atomic mass is 16.6. The van der Waals surface area contributed by atoms with Crippen LogP contribution in [-0.4, -0.2) is 105 Å². The van der Waals surface area contributed by atoms with E-state index in [1.54, 1.807) is 40.7 Å². The Balaban J connectivity index is 0.859. The van der Waals surface area contributed by atoms with E-state index in [0.29, 0.717) is 74.0 Å². The average molecular weight is 835 g/mol. The number of aromatic nitrogens is 2. The highest BCUT2D eigenvalue weighted by Gasteiger charge is 2.50. The summed E-state index contributed by atoms with van der Waals surface area (Å²) in [6.45, 7) is 4.97. The largest absolute Gasteiger partial charge is 0.457 e. The highest BCUT2D eigenvalue weighted by molar-refractivity contribution is 6.12. The number of nitrogens with zero attached hydrogens (tertiary/aromatic N) is 5. The number of fused-ring (bicyclic) bond motifs is 5. The molecule has 4 amide bonds. The zero-order chi connectivity index (χ0) is 42.4. The fraction of sp³-hybridized carbons (Fsp3) is 0.511. The van der Waals surface area contributed by atoms with E-state index in [9.17, 15) is 33.6 Å². The van der Waals surface area contributed by atoms with Gasteiger partial charge in [0.15, 0.2) is 0 Å². The summed E-state index contributed by atoms with van der Waals surface area (Å²) < 4.78 is 18.8. The van der Waals surface area contributed by atoms with Gasteiger partial charge >= 0.3 is 18.0 Å². The van der Waals surface area contributed by atoms with Crippen molar-refractivity contribution < 1.29 is 43.0 Å². The molecule has 1 atom stereocenters. The second-order valence-electron chi connectivity index (χ2n) is 17.1. The van der Waals surface area contributed by atoms with E-state index < -0.39 is 29.6 Å². The van der Waals surface area contributed by atoms with Gasteiger partial charge in [-0.25, -0.2) is 14.6 Å². The molecule has 2 saturated heterocycles. The van der Waals surface area contributed by atoms with Gasteiger partial charge < -0.3 is 33.9 Å². The molecule has 2 aromatic heterocycles. The van der Waals surface area contributed by atoms with Crippen molar-refractivity contribution in [1.82, 2.24) is 29.6 Å². The number of piperidine rings is 2. The monoisotopic (exact) mass is 834 g/mol. The van der Waals surface area contributed by atoms with Crippen molar-refractivity contribution >= 4 is 46.7 Å². The number of ether oxygens (including phenoxy) is 3. The molecule has 320 valence electrons. The Morgan fingerprint density at radius 1 is 0.902 bits per heavy atom. The molecule has 16 nitrogen and oxygen atoms in total. The number of rotatable bonds is 9. The number of cyclic esters (lactones) is 1. The molecule has 0 bridgehead atoms. The van der Waals surface area contributed by atoms with Crippen molar-refractivity contribution in [2.24, 2.45) is 11.8 Å². The summed E-state index contributed by atoms with van der Waals surface area (Å²) in [6, 6.07) is 9.36. The maximum atomic E-state index is 14.1. The third kappa shape index (κ3) is 7.70. The third-order valence-electron chi connectivity index (χ3n) is 13.5. The Kier molecular flexibility index (Phi) is 11.0. The molecule has 1 N–H and O–H groups in total. The van der Waals surface area contributed by atoms with E-state index in [1.807, 2.05) is 6.07 Å². The van der Waals surface area contributed by atoms with Crippen molar-refractivity contribution in [2.75, 3.05) is 39.3 Å². The van der Waals surface area contributed by atoms with Gasteiger partial charge in [-0.15, -0.1) is 0 Å². The Morgan fingerprint density at radius 2 is 1.64 bits per heavy atom. The number of benzene rings is 1. The molecule has 0 spiro atoms. The number of hydrogen-bond donors (Lipinski definition) is 1. The number of imide groups is 1. The lowest BCUT2D eigenvalue weighted by atomic mass is 9.81. The normalized spacial score (nSPS) is 24.0. The Hall–Kier alpha value is -5.90. The van der Waals surface area contributed by atoms with E-state index in [4.69, 9.17) is 19.2 Å². The summed E-state index contributed by atoms with van der Waals surface area (Å²) in [6.07, 6.45) is 10.1. The predicted molar refractivity (Wildman–Crippen MR) is 219 cm³/mol. The van der Waals surface area contributed by atoms with Gasteiger partial charge in [0.05, 0.1) is 29.0 Å². The first-order valence-electron chi connectivity index (χ1n) is 21.6. The molecule has 9 rings (SSSR count). The molecule has 16 heteroatoms. The number of carbonyl (C=O) groups is 6. The number of hydrogen-bond acceptors (Lipinski definition) is 12. The smallest absolute Gasteiger partial charge is 0.415 e. The minimum atomic E-state index is -1.93. The van der Waals surface area contributed by atoms with Gasteiger partial charge in [0.1, 0.15) is 18.9 Å². The SMILES string of the molecule is CCC1(OC(=O)CNC(=O)C2CCC(CN3C(=O)C=CC3=O)CC2)C(=O)OCc2c1cc1n(c2=O)Cc2cc3cc(OC(=O)N4CCC(N5CCCCC5)CC4)ccc3nc2-1.